The van der Waals surface area contributed by atoms with Gasteiger partial charge in [-0.15, -0.1) is 0 Å². The average molecular weight is 289 g/mol. The Morgan fingerprint density at radius 3 is 2.57 bits per heavy atom. The fraction of sp³-hybridized carbons (Fsp3) is 0.667. The molecule has 6 nitrogen and oxygen atoms in total. The number of anilines is 1. The fourth-order valence-corrected chi connectivity index (χ4v) is 2.98. The predicted molar refractivity (Wildman–Crippen MR) is 82.9 cm³/mol. The number of urea groups is 1. The maximum absolute atomic E-state index is 12.8. The van der Waals surface area contributed by atoms with Gasteiger partial charge in [0.05, 0.1) is 18.9 Å². The second-order valence-electron chi connectivity index (χ2n) is 6.29. The van der Waals surface area contributed by atoms with Crippen molar-refractivity contribution < 1.29 is 4.79 Å². The van der Waals surface area contributed by atoms with Crippen LogP contribution in [0.25, 0.3) is 0 Å². The van der Waals surface area contributed by atoms with Crippen LogP contribution in [0, 0.1) is 0 Å². The van der Waals surface area contributed by atoms with Crippen molar-refractivity contribution in [2.24, 2.45) is 4.99 Å². The Labute approximate surface area is 125 Å². The van der Waals surface area contributed by atoms with Gasteiger partial charge < -0.3 is 4.57 Å². The SMILES string of the molecule is CC[C@@H]1CN2C(=O)N(C(C)C)c3ncn(C(C)C)c3C2=N1. The van der Waals surface area contributed by atoms with Gasteiger partial charge in [-0.05, 0) is 34.1 Å². The van der Waals surface area contributed by atoms with E-state index < -0.39 is 0 Å². The molecule has 1 atom stereocenters. The molecular weight excluding hydrogens is 266 g/mol. The molecule has 0 saturated heterocycles. The number of hydrogen-bond acceptors (Lipinski definition) is 3. The zero-order chi connectivity index (χ0) is 15.3. The summed E-state index contributed by atoms with van der Waals surface area (Å²) in [6.07, 6.45) is 2.77. The quantitative estimate of drug-likeness (QED) is 0.859. The Bertz CT molecular complexity index is 601. The molecule has 0 radical (unpaired) electrons. The van der Waals surface area contributed by atoms with Crippen LogP contribution < -0.4 is 4.90 Å². The Morgan fingerprint density at radius 1 is 1.29 bits per heavy atom. The molecule has 3 rings (SSSR count). The van der Waals surface area contributed by atoms with Crippen molar-refractivity contribution in [1.29, 1.82) is 0 Å². The minimum Gasteiger partial charge on any atom is -0.324 e. The van der Waals surface area contributed by atoms with Crippen molar-refractivity contribution in [2.75, 3.05) is 11.4 Å². The number of carbonyl (C=O) groups is 1. The molecule has 1 aromatic rings. The maximum atomic E-state index is 12.8. The van der Waals surface area contributed by atoms with Gasteiger partial charge in [0.2, 0.25) is 0 Å². The number of aromatic nitrogens is 2. The highest BCUT2D eigenvalue weighted by Crippen LogP contribution is 2.34. The summed E-state index contributed by atoms with van der Waals surface area (Å²) >= 11 is 0. The number of carbonyl (C=O) groups excluding carboxylic acids is 1. The lowest BCUT2D eigenvalue weighted by atomic mass is 10.2. The Hall–Kier alpha value is -1.85. The molecule has 2 aliphatic heterocycles. The Kier molecular flexibility index (Phi) is 3.26. The molecule has 0 spiro atoms. The topological polar surface area (TPSA) is 53.7 Å². The minimum atomic E-state index is 0.00112. The molecule has 1 aromatic heterocycles. The number of nitrogens with zero attached hydrogens (tertiary/aromatic N) is 5. The molecule has 2 amide bonds. The van der Waals surface area contributed by atoms with Crippen LogP contribution in [0.5, 0.6) is 0 Å². The second kappa shape index (κ2) is 4.86. The minimum absolute atomic E-state index is 0.00112. The number of hydrogen-bond donors (Lipinski definition) is 0. The van der Waals surface area contributed by atoms with Gasteiger partial charge in [-0.1, -0.05) is 6.92 Å². The highest BCUT2D eigenvalue weighted by atomic mass is 16.2. The normalized spacial score (nSPS) is 21.2. The van der Waals surface area contributed by atoms with Gasteiger partial charge >= 0.3 is 6.03 Å². The standard InChI is InChI=1S/C15H23N5O/c1-6-11-7-18-14(17-11)12-13(16-8-19(12)9(2)3)20(10(4)5)15(18)21/h8-11H,6-7H2,1-5H3/t11-/m1/s1. The molecule has 3 heterocycles. The Morgan fingerprint density at radius 2 is 2.00 bits per heavy atom. The molecular formula is C15H23N5O. The van der Waals surface area contributed by atoms with Crippen molar-refractivity contribution in [3.8, 4) is 0 Å². The largest absolute Gasteiger partial charge is 0.331 e. The van der Waals surface area contributed by atoms with E-state index in [1.54, 1.807) is 4.90 Å². The predicted octanol–water partition coefficient (Wildman–Crippen LogP) is 2.65. The summed E-state index contributed by atoms with van der Waals surface area (Å²) in [6, 6.07) is 0.559. The molecule has 0 bridgehead atoms. The number of amides is 2. The molecule has 0 N–H and O–H groups in total. The molecule has 0 fully saturated rings. The third-order valence-corrected chi connectivity index (χ3v) is 4.15. The first-order valence-corrected chi connectivity index (χ1v) is 7.71. The van der Waals surface area contributed by atoms with Gasteiger partial charge in [0, 0.05) is 12.1 Å². The van der Waals surface area contributed by atoms with Crippen molar-refractivity contribution in [3.05, 3.63) is 12.0 Å². The van der Waals surface area contributed by atoms with E-state index in [9.17, 15) is 4.79 Å². The van der Waals surface area contributed by atoms with Crippen LogP contribution in [0.2, 0.25) is 0 Å². The lowest BCUT2D eigenvalue weighted by Gasteiger charge is -2.35. The third kappa shape index (κ3) is 1.96. The molecule has 114 valence electrons. The lowest BCUT2D eigenvalue weighted by Crippen LogP contribution is -2.53. The van der Waals surface area contributed by atoms with Crippen LogP contribution in [0.1, 0.15) is 52.8 Å². The van der Waals surface area contributed by atoms with Crippen molar-refractivity contribution >= 4 is 17.7 Å². The van der Waals surface area contributed by atoms with E-state index in [-0.39, 0.29) is 24.2 Å². The second-order valence-corrected chi connectivity index (χ2v) is 6.29. The van der Waals surface area contributed by atoms with Crippen LogP contribution >= 0.6 is 0 Å². The lowest BCUT2D eigenvalue weighted by molar-refractivity contribution is 0.225. The summed E-state index contributed by atoms with van der Waals surface area (Å²) in [6.45, 7) is 11.1. The summed E-state index contributed by atoms with van der Waals surface area (Å²) in [7, 11) is 0. The molecule has 0 aliphatic carbocycles. The van der Waals surface area contributed by atoms with E-state index in [4.69, 9.17) is 4.99 Å². The van der Waals surface area contributed by atoms with Gasteiger partial charge in [0.15, 0.2) is 11.7 Å². The summed E-state index contributed by atoms with van der Waals surface area (Å²) in [5.74, 6) is 1.54. The number of rotatable bonds is 3. The first kappa shape index (κ1) is 14.1. The molecule has 0 saturated carbocycles. The monoisotopic (exact) mass is 289 g/mol. The molecule has 2 aliphatic rings. The van der Waals surface area contributed by atoms with E-state index in [1.807, 2.05) is 25.1 Å². The van der Waals surface area contributed by atoms with Gasteiger partial charge in [-0.2, -0.15) is 0 Å². The van der Waals surface area contributed by atoms with E-state index >= 15 is 0 Å². The van der Waals surface area contributed by atoms with E-state index in [0.717, 1.165) is 23.8 Å². The number of imidazole rings is 1. The Balaban J connectivity index is 2.19. The van der Waals surface area contributed by atoms with Gasteiger partial charge in [-0.3, -0.25) is 14.8 Å². The van der Waals surface area contributed by atoms with Crippen molar-refractivity contribution in [1.82, 2.24) is 14.5 Å². The number of amidine groups is 1. The first-order chi connectivity index (χ1) is 9.95. The smallest absolute Gasteiger partial charge is 0.324 e. The first-order valence-electron chi connectivity index (χ1n) is 7.71. The zero-order valence-corrected chi connectivity index (χ0v) is 13.4. The van der Waals surface area contributed by atoms with Crippen LogP contribution in [0.3, 0.4) is 0 Å². The average Bonchev–Trinajstić information content (AvgIpc) is 3.00. The maximum Gasteiger partial charge on any atom is 0.331 e. The van der Waals surface area contributed by atoms with E-state index in [0.29, 0.717) is 6.54 Å². The van der Waals surface area contributed by atoms with Crippen molar-refractivity contribution in [3.63, 3.8) is 0 Å². The van der Waals surface area contributed by atoms with Gasteiger partial charge in [0.1, 0.15) is 5.69 Å². The van der Waals surface area contributed by atoms with Crippen LogP contribution in [-0.2, 0) is 0 Å². The molecule has 0 unspecified atom stereocenters. The number of fused-ring (bicyclic) bond motifs is 3. The van der Waals surface area contributed by atoms with Crippen LogP contribution in [-0.4, -0.2) is 44.9 Å². The van der Waals surface area contributed by atoms with Crippen molar-refractivity contribution in [2.45, 2.75) is 59.2 Å². The summed E-state index contributed by atoms with van der Waals surface area (Å²) in [4.78, 5) is 25.6. The summed E-state index contributed by atoms with van der Waals surface area (Å²) in [5, 5.41) is 0. The van der Waals surface area contributed by atoms with E-state index in [1.165, 1.54) is 0 Å². The van der Waals surface area contributed by atoms with Gasteiger partial charge in [-0.25, -0.2) is 9.78 Å². The molecule has 0 aromatic carbocycles. The fourth-order valence-electron chi connectivity index (χ4n) is 2.98. The summed E-state index contributed by atoms with van der Waals surface area (Å²) < 4.78 is 2.11. The molecule has 6 heteroatoms. The van der Waals surface area contributed by atoms with Crippen LogP contribution in [0.15, 0.2) is 11.3 Å². The molecule has 21 heavy (non-hydrogen) atoms. The van der Waals surface area contributed by atoms with E-state index in [2.05, 4.69) is 30.3 Å². The van der Waals surface area contributed by atoms with Gasteiger partial charge in [0.25, 0.3) is 0 Å². The highest BCUT2D eigenvalue weighted by Gasteiger charge is 2.43. The highest BCUT2D eigenvalue weighted by molar-refractivity contribution is 6.18. The number of aliphatic imine (C=N–C) groups is 1. The zero-order valence-electron chi connectivity index (χ0n) is 13.4. The third-order valence-electron chi connectivity index (χ3n) is 4.15. The summed E-state index contributed by atoms with van der Waals surface area (Å²) in [5.41, 5.74) is 0.981. The van der Waals surface area contributed by atoms with Crippen LogP contribution in [0.4, 0.5) is 10.6 Å².